The summed E-state index contributed by atoms with van der Waals surface area (Å²) >= 11 is 0. The number of hydrogen-bond acceptors (Lipinski definition) is 3. The maximum atomic E-state index is 12.2. The molecule has 1 atom stereocenters. The highest BCUT2D eigenvalue weighted by molar-refractivity contribution is 5.79. The molecular formula is C14H21N5O. The minimum absolute atomic E-state index is 0.0774. The molecule has 0 aliphatic heterocycles. The van der Waals surface area contributed by atoms with Gasteiger partial charge in [0.05, 0.1) is 0 Å². The molecule has 0 fully saturated rings. The van der Waals surface area contributed by atoms with E-state index >= 15 is 0 Å². The molecule has 0 aliphatic rings. The zero-order chi connectivity index (χ0) is 14.5. The van der Waals surface area contributed by atoms with E-state index in [1.165, 1.54) is 0 Å². The predicted octanol–water partition coefficient (Wildman–Crippen LogP) is 1.27. The van der Waals surface area contributed by atoms with Gasteiger partial charge in [-0.3, -0.25) is 9.48 Å². The van der Waals surface area contributed by atoms with Crippen molar-refractivity contribution in [2.24, 2.45) is 7.05 Å². The first-order chi connectivity index (χ1) is 9.59. The molecule has 0 spiro atoms. The van der Waals surface area contributed by atoms with Crippen molar-refractivity contribution in [2.45, 2.75) is 25.8 Å². The van der Waals surface area contributed by atoms with Crippen molar-refractivity contribution in [3.8, 4) is 0 Å². The van der Waals surface area contributed by atoms with Crippen LogP contribution in [0.4, 0.5) is 0 Å². The molecule has 0 N–H and O–H groups in total. The Morgan fingerprint density at radius 2 is 2.20 bits per heavy atom. The fraction of sp³-hybridized carbons (Fsp3) is 0.500. The molecule has 0 saturated carbocycles. The van der Waals surface area contributed by atoms with Gasteiger partial charge >= 0.3 is 0 Å². The van der Waals surface area contributed by atoms with Gasteiger partial charge in [-0.2, -0.15) is 5.10 Å². The average molecular weight is 275 g/mol. The van der Waals surface area contributed by atoms with Crippen molar-refractivity contribution in [3.05, 3.63) is 36.7 Å². The van der Waals surface area contributed by atoms with Crippen LogP contribution in [-0.4, -0.2) is 43.7 Å². The first kappa shape index (κ1) is 14.3. The number of imidazole rings is 1. The van der Waals surface area contributed by atoms with Crippen molar-refractivity contribution in [1.29, 1.82) is 0 Å². The summed E-state index contributed by atoms with van der Waals surface area (Å²) in [5.41, 5.74) is 0. The van der Waals surface area contributed by atoms with Crippen LogP contribution in [0.1, 0.15) is 25.2 Å². The summed E-state index contributed by atoms with van der Waals surface area (Å²) < 4.78 is 3.69. The average Bonchev–Trinajstić information content (AvgIpc) is 3.09. The lowest BCUT2D eigenvalue weighted by Crippen LogP contribution is -2.34. The van der Waals surface area contributed by atoms with E-state index in [1.807, 2.05) is 44.0 Å². The maximum Gasteiger partial charge on any atom is 0.246 e. The third-order valence-electron chi connectivity index (χ3n) is 3.47. The molecule has 108 valence electrons. The van der Waals surface area contributed by atoms with Crippen molar-refractivity contribution >= 4 is 5.91 Å². The number of likely N-dealkylation sites (N-methyl/N-ethyl adjacent to an activating group) is 1. The summed E-state index contributed by atoms with van der Waals surface area (Å²) in [5, 5.41) is 4.11. The van der Waals surface area contributed by atoms with Gasteiger partial charge in [-0.25, -0.2) is 4.98 Å². The number of nitrogens with zero attached hydrogens (tertiary/aromatic N) is 5. The molecule has 0 unspecified atom stereocenters. The molecule has 0 bridgehead atoms. The fourth-order valence-corrected chi connectivity index (χ4v) is 2.16. The third-order valence-corrected chi connectivity index (χ3v) is 3.47. The number of carbonyl (C=O) groups is 1. The van der Waals surface area contributed by atoms with Crippen LogP contribution in [0.2, 0.25) is 0 Å². The van der Waals surface area contributed by atoms with Crippen LogP contribution in [0.25, 0.3) is 0 Å². The molecule has 2 rings (SSSR count). The Kier molecular flexibility index (Phi) is 4.55. The smallest absolute Gasteiger partial charge is 0.246 e. The Hall–Kier alpha value is -2.11. The Labute approximate surface area is 119 Å². The zero-order valence-electron chi connectivity index (χ0n) is 12.2. The molecule has 20 heavy (non-hydrogen) atoms. The van der Waals surface area contributed by atoms with Gasteiger partial charge in [0.2, 0.25) is 5.91 Å². The molecule has 0 radical (unpaired) electrons. The van der Waals surface area contributed by atoms with Crippen LogP contribution in [-0.2, 0) is 18.3 Å². The summed E-state index contributed by atoms with van der Waals surface area (Å²) in [6, 6.07) is 1.56. The van der Waals surface area contributed by atoms with E-state index in [4.69, 9.17) is 0 Å². The lowest BCUT2D eigenvalue weighted by atomic mass is 10.2. The highest BCUT2D eigenvalue weighted by Crippen LogP contribution is 2.08. The van der Waals surface area contributed by atoms with E-state index in [-0.39, 0.29) is 11.9 Å². The molecule has 2 aromatic heterocycles. The minimum atomic E-state index is -0.261. The van der Waals surface area contributed by atoms with Crippen LogP contribution in [0.3, 0.4) is 0 Å². The molecule has 0 aromatic carbocycles. The molecule has 6 nitrogen and oxygen atoms in total. The molecule has 2 aromatic rings. The van der Waals surface area contributed by atoms with Crippen molar-refractivity contribution in [2.75, 3.05) is 13.6 Å². The standard InChI is InChI=1S/C14H21N5O/c1-12(19-10-5-7-16-19)14(20)18(3)9-4-6-13-15-8-11-17(13)2/h5,7-8,10-12H,4,6,9H2,1-3H3/t12-/m0/s1. The van der Waals surface area contributed by atoms with Gasteiger partial charge in [-0.05, 0) is 19.4 Å². The molecule has 0 saturated heterocycles. The largest absolute Gasteiger partial charge is 0.344 e. The minimum Gasteiger partial charge on any atom is -0.344 e. The quantitative estimate of drug-likeness (QED) is 0.797. The monoisotopic (exact) mass is 275 g/mol. The van der Waals surface area contributed by atoms with Gasteiger partial charge in [-0.15, -0.1) is 0 Å². The van der Waals surface area contributed by atoms with E-state index in [1.54, 1.807) is 22.0 Å². The summed E-state index contributed by atoms with van der Waals surface area (Å²) in [6.07, 6.45) is 9.00. The van der Waals surface area contributed by atoms with Gasteiger partial charge in [0, 0.05) is 51.8 Å². The lowest BCUT2D eigenvalue weighted by molar-refractivity contribution is -0.133. The van der Waals surface area contributed by atoms with E-state index in [9.17, 15) is 4.79 Å². The van der Waals surface area contributed by atoms with Crippen LogP contribution in [0.5, 0.6) is 0 Å². The Bertz CT molecular complexity index is 546. The second-order valence-electron chi connectivity index (χ2n) is 4.98. The third kappa shape index (κ3) is 3.26. The fourth-order valence-electron chi connectivity index (χ4n) is 2.16. The molecule has 1 amide bonds. The second-order valence-corrected chi connectivity index (χ2v) is 4.98. The first-order valence-electron chi connectivity index (χ1n) is 6.80. The SMILES string of the molecule is C[C@@H](C(=O)N(C)CCCc1nccn1C)n1cccn1. The Morgan fingerprint density at radius 3 is 2.80 bits per heavy atom. The Balaban J connectivity index is 1.81. The number of carbonyl (C=O) groups excluding carboxylic acids is 1. The van der Waals surface area contributed by atoms with Crippen molar-refractivity contribution in [1.82, 2.24) is 24.2 Å². The normalized spacial score (nSPS) is 12.3. The lowest BCUT2D eigenvalue weighted by Gasteiger charge is -2.21. The highest BCUT2D eigenvalue weighted by atomic mass is 16.2. The molecular weight excluding hydrogens is 254 g/mol. The van der Waals surface area contributed by atoms with Gasteiger partial charge in [0.15, 0.2) is 0 Å². The van der Waals surface area contributed by atoms with Gasteiger partial charge in [-0.1, -0.05) is 0 Å². The number of aromatic nitrogens is 4. The van der Waals surface area contributed by atoms with E-state index < -0.39 is 0 Å². The maximum absolute atomic E-state index is 12.2. The van der Waals surface area contributed by atoms with Crippen LogP contribution in [0, 0.1) is 0 Å². The number of rotatable bonds is 6. The van der Waals surface area contributed by atoms with Gasteiger partial charge < -0.3 is 9.47 Å². The van der Waals surface area contributed by atoms with Gasteiger partial charge in [0.25, 0.3) is 0 Å². The summed E-state index contributed by atoms with van der Waals surface area (Å²) in [7, 11) is 3.82. The topological polar surface area (TPSA) is 56.0 Å². The van der Waals surface area contributed by atoms with E-state index in [0.717, 1.165) is 25.2 Å². The summed E-state index contributed by atoms with van der Waals surface area (Å²) in [4.78, 5) is 18.3. The van der Waals surface area contributed by atoms with Crippen molar-refractivity contribution < 1.29 is 4.79 Å². The molecule has 2 heterocycles. The Morgan fingerprint density at radius 1 is 1.40 bits per heavy atom. The number of hydrogen-bond donors (Lipinski definition) is 0. The van der Waals surface area contributed by atoms with E-state index in [2.05, 4.69) is 10.1 Å². The van der Waals surface area contributed by atoms with Crippen molar-refractivity contribution in [3.63, 3.8) is 0 Å². The van der Waals surface area contributed by atoms with E-state index in [0.29, 0.717) is 0 Å². The van der Waals surface area contributed by atoms with Crippen LogP contribution < -0.4 is 0 Å². The summed E-state index contributed by atoms with van der Waals surface area (Å²) in [6.45, 7) is 2.59. The first-order valence-corrected chi connectivity index (χ1v) is 6.80. The van der Waals surface area contributed by atoms with Gasteiger partial charge in [0.1, 0.15) is 11.9 Å². The second kappa shape index (κ2) is 6.36. The van der Waals surface area contributed by atoms with Crippen LogP contribution in [0.15, 0.2) is 30.9 Å². The number of aryl methyl sites for hydroxylation is 2. The number of amides is 1. The predicted molar refractivity (Wildman–Crippen MR) is 76.1 cm³/mol. The molecule has 6 heteroatoms. The van der Waals surface area contributed by atoms with Crippen LogP contribution >= 0.6 is 0 Å². The molecule has 0 aliphatic carbocycles. The summed E-state index contributed by atoms with van der Waals surface area (Å²) in [5.74, 6) is 1.12. The highest BCUT2D eigenvalue weighted by Gasteiger charge is 2.18. The zero-order valence-corrected chi connectivity index (χ0v) is 12.2.